The van der Waals surface area contributed by atoms with Crippen molar-refractivity contribution >= 4 is 17.4 Å². The van der Waals surface area contributed by atoms with Gasteiger partial charge >= 0.3 is 5.97 Å². The van der Waals surface area contributed by atoms with E-state index < -0.39 is 5.97 Å². The Labute approximate surface area is 147 Å². The van der Waals surface area contributed by atoms with E-state index >= 15 is 0 Å². The van der Waals surface area contributed by atoms with Crippen LogP contribution in [0, 0.1) is 5.92 Å². The average molecular weight is 343 g/mol. The van der Waals surface area contributed by atoms with E-state index in [4.69, 9.17) is 4.74 Å². The Hall–Kier alpha value is -2.08. The molecule has 3 unspecified atom stereocenters. The summed E-state index contributed by atoms with van der Waals surface area (Å²) in [6, 6.07) is 9.28. The summed E-state index contributed by atoms with van der Waals surface area (Å²) in [5.41, 5.74) is 2.79. The van der Waals surface area contributed by atoms with E-state index in [1.807, 2.05) is 0 Å². The van der Waals surface area contributed by atoms with Crippen LogP contribution in [-0.2, 0) is 9.53 Å². The maximum absolute atomic E-state index is 11.8. The topological polar surface area (TPSA) is 74.2 Å². The third-order valence-electron chi connectivity index (χ3n) is 6.13. The molecule has 0 amide bonds. The standard InChI is InChI=1S/C19H25N3O3/c1-25-19(23)16(21-24)11-12-5-4-9-22-10-8-14-13-6-2-3-7-15(13)20-17(14)18(12)22/h2-3,6-7,12,14,17-18,20,24H,4-5,8-11H2,1H3/t12-,14?,17?,18?/m0/s1. The van der Waals surface area contributed by atoms with Crippen molar-refractivity contribution in [1.82, 2.24) is 4.90 Å². The minimum atomic E-state index is -0.533. The van der Waals surface area contributed by atoms with Crippen LogP contribution in [0.4, 0.5) is 5.69 Å². The molecule has 0 bridgehead atoms. The number of hydrogen-bond donors (Lipinski definition) is 2. The number of oxime groups is 1. The number of hydrogen-bond acceptors (Lipinski definition) is 6. The van der Waals surface area contributed by atoms with Crippen LogP contribution in [0.5, 0.6) is 0 Å². The van der Waals surface area contributed by atoms with Crippen molar-refractivity contribution < 1.29 is 14.7 Å². The summed E-state index contributed by atoms with van der Waals surface area (Å²) >= 11 is 0. The third-order valence-corrected chi connectivity index (χ3v) is 6.13. The maximum atomic E-state index is 11.8. The Morgan fingerprint density at radius 1 is 1.36 bits per heavy atom. The van der Waals surface area contributed by atoms with Gasteiger partial charge in [-0.1, -0.05) is 23.4 Å². The zero-order chi connectivity index (χ0) is 17.4. The number of piperidine rings is 2. The van der Waals surface area contributed by atoms with Crippen LogP contribution in [0.1, 0.15) is 37.2 Å². The van der Waals surface area contributed by atoms with Gasteiger partial charge in [0, 0.05) is 30.1 Å². The number of anilines is 1. The first-order valence-electron chi connectivity index (χ1n) is 9.11. The van der Waals surface area contributed by atoms with Crippen LogP contribution in [0.3, 0.4) is 0 Å². The largest absolute Gasteiger partial charge is 0.464 e. The lowest BCUT2D eigenvalue weighted by Crippen LogP contribution is -2.58. The SMILES string of the molecule is COC(=O)C(C[C@@H]1CCCN2CCC3c4ccccc4NC3C12)=NO. The highest BCUT2D eigenvalue weighted by molar-refractivity contribution is 6.36. The summed E-state index contributed by atoms with van der Waals surface area (Å²) in [6.45, 7) is 2.19. The highest BCUT2D eigenvalue weighted by atomic mass is 16.5. The molecule has 134 valence electrons. The van der Waals surface area contributed by atoms with Gasteiger partial charge < -0.3 is 15.3 Å². The smallest absolute Gasteiger partial charge is 0.355 e. The molecule has 1 aromatic rings. The lowest BCUT2D eigenvalue weighted by atomic mass is 9.73. The Kier molecular flexibility index (Phi) is 4.37. The molecule has 4 atom stereocenters. The predicted octanol–water partition coefficient (Wildman–Crippen LogP) is 2.44. The Morgan fingerprint density at radius 3 is 3.00 bits per heavy atom. The number of carbonyl (C=O) groups is 1. The van der Waals surface area contributed by atoms with Gasteiger partial charge in [0.1, 0.15) is 0 Å². The monoisotopic (exact) mass is 343 g/mol. The zero-order valence-corrected chi connectivity index (χ0v) is 14.5. The number of rotatable bonds is 3. The van der Waals surface area contributed by atoms with E-state index in [-0.39, 0.29) is 11.6 Å². The molecule has 0 aromatic heterocycles. The van der Waals surface area contributed by atoms with Gasteiger partial charge in [0.25, 0.3) is 0 Å². The van der Waals surface area contributed by atoms with Gasteiger partial charge in [0.15, 0.2) is 5.71 Å². The number of nitrogens with one attached hydrogen (secondary N) is 1. The van der Waals surface area contributed by atoms with Gasteiger partial charge in [0.2, 0.25) is 0 Å². The minimum Gasteiger partial charge on any atom is -0.464 e. The van der Waals surface area contributed by atoms with E-state index in [1.54, 1.807) is 0 Å². The number of carbonyl (C=O) groups excluding carboxylic acids is 1. The average Bonchev–Trinajstić information content (AvgIpc) is 3.04. The Bertz CT molecular complexity index is 690. The number of benzene rings is 1. The first-order chi connectivity index (χ1) is 12.2. The van der Waals surface area contributed by atoms with Crippen LogP contribution in [0.15, 0.2) is 29.4 Å². The Morgan fingerprint density at radius 2 is 2.20 bits per heavy atom. The van der Waals surface area contributed by atoms with Crippen molar-refractivity contribution in [2.75, 3.05) is 25.5 Å². The molecular weight excluding hydrogens is 318 g/mol. The zero-order valence-electron chi connectivity index (χ0n) is 14.5. The highest BCUT2D eigenvalue weighted by Crippen LogP contribution is 2.46. The number of methoxy groups -OCH3 is 1. The van der Waals surface area contributed by atoms with Crippen molar-refractivity contribution in [2.24, 2.45) is 11.1 Å². The number of nitrogens with zero attached hydrogens (tertiary/aromatic N) is 2. The normalized spacial score (nSPS) is 31.5. The van der Waals surface area contributed by atoms with E-state index in [1.165, 1.54) is 18.4 Å². The second-order valence-electron chi connectivity index (χ2n) is 7.32. The molecular formula is C19H25N3O3. The number of fused-ring (bicyclic) bond motifs is 5. The molecule has 0 radical (unpaired) electrons. The lowest BCUT2D eigenvalue weighted by Gasteiger charge is -2.49. The molecule has 6 heteroatoms. The second-order valence-corrected chi connectivity index (χ2v) is 7.32. The summed E-state index contributed by atoms with van der Waals surface area (Å²) in [6.07, 6.45) is 3.78. The van der Waals surface area contributed by atoms with Crippen molar-refractivity contribution in [3.63, 3.8) is 0 Å². The molecule has 2 fully saturated rings. The first kappa shape index (κ1) is 16.4. The minimum absolute atomic E-state index is 0.131. The molecule has 3 aliphatic heterocycles. The molecule has 0 saturated carbocycles. The lowest BCUT2D eigenvalue weighted by molar-refractivity contribution is -0.133. The van der Waals surface area contributed by atoms with E-state index in [9.17, 15) is 10.0 Å². The molecule has 0 spiro atoms. The fourth-order valence-corrected chi connectivity index (χ4v) is 5.10. The highest BCUT2D eigenvalue weighted by Gasteiger charge is 2.47. The summed E-state index contributed by atoms with van der Waals surface area (Å²) in [4.78, 5) is 14.4. The molecule has 2 N–H and O–H groups in total. The number of esters is 1. The number of ether oxygens (including phenoxy) is 1. The maximum Gasteiger partial charge on any atom is 0.355 e. The number of para-hydroxylation sites is 1. The van der Waals surface area contributed by atoms with Gasteiger partial charge in [-0.3, -0.25) is 4.90 Å². The van der Waals surface area contributed by atoms with Gasteiger partial charge in [0.05, 0.1) is 7.11 Å². The molecule has 4 rings (SSSR count). The molecule has 1 aromatic carbocycles. The molecule has 3 heterocycles. The summed E-state index contributed by atoms with van der Waals surface area (Å²) < 4.78 is 4.76. The van der Waals surface area contributed by atoms with Gasteiger partial charge in [-0.25, -0.2) is 4.79 Å². The fourth-order valence-electron chi connectivity index (χ4n) is 5.10. The first-order valence-corrected chi connectivity index (χ1v) is 9.11. The van der Waals surface area contributed by atoms with Gasteiger partial charge in [-0.05, 0) is 49.9 Å². The molecule has 2 saturated heterocycles. The van der Waals surface area contributed by atoms with E-state index in [0.29, 0.717) is 24.4 Å². The van der Waals surface area contributed by atoms with Crippen molar-refractivity contribution in [3.8, 4) is 0 Å². The van der Waals surface area contributed by atoms with Crippen LogP contribution in [0.25, 0.3) is 0 Å². The van der Waals surface area contributed by atoms with Crippen molar-refractivity contribution in [1.29, 1.82) is 0 Å². The van der Waals surface area contributed by atoms with Crippen molar-refractivity contribution in [3.05, 3.63) is 29.8 Å². The van der Waals surface area contributed by atoms with Gasteiger partial charge in [-0.2, -0.15) is 0 Å². The fraction of sp³-hybridized carbons (Fsp3) is 0.579. The molecule has 6 nitrogen and oxygen atoms in total. The van der Waals surface area contributed by atoms with E-state index in [0.717, 1.165) is 32.4 Å². The van der Waals surface area contributed by atoms with Crippen LogP contribution >= 0.6 is 0 Å². The summed E-state index contributed by atoms with van der Waals surface area (Å²) in [7, 11) is 1.33. The van der Waals surface area contributed by atoms with Crippen LogP contribution in [0.2, 0.25) is 0 Å². The second kappa shape index (κ2) is 6.67. The molecule has 3 aliphatic rings. The summed E-state index contributed by atoms with van der Waals surface area (Å²) in [5, 5.41) is 16.2. The van der Waals surface area contributed by atoms with Crippen molar-refractivity contribution in [2.45, 2.75) is 43.7 Å². The third kappa shape index (κ3) is 2.78. The van der Waals surface area contributed by atoms with Crippen LogP contribution in [-0.4, -0.2) is 54.1 Å². The van der Waals surface area contributed by atoms with Gasteiger partial charge in [-0.15, -0.1) is 0 Å². The quantitative estimate of drug-likeness (QED) is 0.382. The molecule has 0 aliphatic carbocycles. The predicted molar refractivity (Wildman–Crippen MR) is 95.2 cm³/mol. The van der Waals surface area contributed by atoms with E-state index in [2.05, 4.69) is 39.6 Å². The Balaban J connectivity index is 1.59. The van der Waals surface area contributed by atoms with Crippen LogP contribution < -0.4 is 5.32 Å². The molecule has 25 heavy (non-hydrogen) atoms. The summed E-state index contributed by atoms with van der Waals surface area (Å²) in [5.74, 6) is 0.272.